The number of aromatic nitrogens is 4. The fourth-order valence-electron chi connectivity index (χ4n) is 3.07. The van der Waals surface area contributed by atoms with E-state index in [1.807, 2.05) is 34.0 Å². The molecule has 1 aliphatic heterocycles. The monoisotopic (exact) mass is 343 g/mol. The van der Waals surface area contributed by atoms with Crippen LogP contribution in [-0.4, -0.2) is 49.4 Å². The van der Waals surface area contributed by atoms with E-state index in [1.54, 1.807) is 28.2 Å². The second-order valence-corrected chi connectivity index (χ2v) is 7.54. The molecule has 0 radical (unpaired) electrons. The molecule has 7 nitrogen and oxygen atoms in total. The molecule has 1 atom stereocenters. The van der Waals surface area contributed by atoms with Gasteiger partial charge >= 0.3 is 6.09 Å². The Hall–Kier alpha value is -2.44. The molecule has 0 bridgehead atoms. The third-order valence-corrected chi connectivity index (χ3v) is 4.17. The molecule has 0 unspecified atom stereocenters. The maximum atomic E-state index is 12.2. The number of amides is 1. The SMILES string of the molecule is Cn1cc(-c2nccnc2C[C@H]2CCN(C(=O)OC(C)(C)C)C2)cn1. The van der Waals surface area contributed by atoms with Crippen LogP contribution in [0.2, 0.25) is 0 Å². The molecule has 0 N–H and O–H groups in total. The fourth-order valence-corrected chi connectivity index (χ4v) is 3.07. The zero-order chi connectivity index (χ0) is 18.0. The summed E-state index contributed by atoms with van der Waals surface area (Å²) in [6, 6.07) is 0. The lowest BCUT2D eigenvalue weighted by molar-refractivity contribution is 0.0288. The Morgan fingerprint density at radius 1 is 1.32 bits per heavy atom. The van der Waals surface area contributed by atoms with Gasteiger partial charge in [-0.15, -0.1) is 0 Å². The topological polar surface area (TPSA) is 73.1 Å². The minimum Gasteiger partial charge on any atom is -0.444 e. The van der Waals surface area contributed by atoms with Gasteiger partial charge in [0.05, 0.1) is 17.6 Å². The van der Waals surface area contributed by atoms with E-state index in [9.17, 15) is 4.79 Å². The minimum absolute atomic E-state index is 0.235. The Kier molecular flexibility index (Phi) is 4.74. The summed E-state index contributed by atoms with van der Waals surface area (Å²) in [6.45, 7) is 7.08. The molecular formula is C18H25N5O2. The van der Waals surface area contributed by atoms with E-state index in [1.165, 1.54) is 0 Å². The van der Waals surface area contributed by atoms with Crippen molar-refractivity contribution in [2.45, 2.75) is 39.2 Å². The number of aryl methyl sites for hydroxylation is 1. The number of nitrogens with zero attached hydrogens (tertiary/aromatic N) is 5. The van der Waals surface area contributed by atoms with E-state index in [0.717, 1.165) is 36.3 Å². The first-order chi connectivity index (χ1) is 11.8. The van der Waals surface area contributed by atoms with Crippen molar-refractivity contribution in [3.8, 4) is 11.3 Å². The van der Waals surface area contributed by atoms with E-state index in [2.05, 4.69) is 15.1 Å². The normalized spacial score (nSPS) is 17.8. The molecular weight excluding hydrogens is 318 g/mol. The van der Waals surface area contributed by atoms with Gasteiger partial charge in [-0.25, -0.2) is 4.79 Å². The smallest absolute Gasteiger partial charge is 0.410 e. The van der Waals surface area contributed by atoms with E-state index in [-0.39, 0.29) is 6.09 Å². The van der Waals surface area contributed by atoms with Gasteiger partial charge in [0, 0.05) is 44.3 Å². The molecule has 1 saturated heterocycles. The minimum atomic E-state index is -0.465. The third-order valence-electron chi connectivity index (χ3n) is 4.17. The van der Waals surface area contributed by atoms with Crippen molar-refractivity contribution in [2.75, 3.05) is 13.1 Å². The molecule has 2 aromatic heterocycles. The molecule has 3 rings (SSSR count). The maximum Gasteiger partial charge on any atom is 0.410 e. The lowest BCUT2D eigenvalue weighted by Gasteiger charge is -2.24. The van der Waals surface area contributed by atoms with Crippen molar-refractivity contribution < 1.29 is 9.53 Å². The number of hydrogen-bond acceptors (Lipinski definition) is 5. The highest BCUT2D eigenvalue weighted by Crippen LogP contribution is 2.26. The molecule has 2 aromatic rings. The Labute approximate surface area is 148 Å². The molecule has 3 heterocycles. The summed E-state index contributed by atoms with van der Waals surface area (Å²) in [6.07, 6.45) is 8.66. The summed E-state index contributed by atoms with van der Waals surface area (Å²) in [5, 5.41) is 4.21. The van der Waals surface area contributed by atoms with Crippen molar-refractivity contribution >= 4 is 6.09 Å². The molecule has 0 saturated carbocycles. The van der Waals surface area contributed by atoms with Crippen LogP contribution in [0, 0.1) is 5.92 Å². The Bertz CT molecular complexity index is 750. The molecule has 7 heteroatoms. The van der Waals surface area contributed by atoms with Crippen LogP contribution in [0.3, 0.4) is 0 Å². The van der Waals surface area contributed by atoms with Gasteiger partial charge in [0.15, 0.2) is 0 Å². The lowest BCUT2D eigenvalue weighted by Crippen LogP contribution is -2.35. The summed E-state index contributed by atoms with van der Waals surface area (Å²) in [5.41, 5.74) is 2.32. The van der Waals surface area contributed by atoms with Gasteiger partial charge in [-0.2, -0.15) is 5.10 Å². The van der Waals surface area contributed by atoms with Crippen LogP contribution in [0.15, 0.2) is 24.8 Å². The van der Waals surface area contributed by atoms with Gasteiger partial charge in [-0.3, -0.25) is 14.6 Å². The highest BCUT2D eigenvalue weighted by Gasteiger charge is 2.30. The highest BCUT2D eigenvalue weighted by atomic mass is 16.6. The van der Waals surface area contributed by atoms with Crippen LogP contribution in [-0.2, 0) is 18.2 Å². The zero-order valence-corrected chi connectivity index (χ0v) is 15.3. The van der Waals surface area contributed by atoms with E-state index >= 15 is 0 Å². The number of rotatable bonds is 3. The van der Waals surface area contributed by atoms with Crippen LogP contribution in [0.5, 0.6) is 0 Å². The zero-order valence-electron chi connectivity index (χ0n) is 15.3. The predicted octanol–water partition coefficient (Wildman–Crippen LogP) is 2.68. The molecule has 1 amide bonds. The summed E-state index contributed by atoms with van der Waals surface area (Å²) in [4.78, 5) is 23.0. The van der Waals surface area contributed by atoms with Gasteiger partial charge < -0.3 is 9.64 Å². The Morgan fingerprint density at radius 2 is 2.08 bits per heavy atom. The molecule has 0 aromatic carbocycles. The first-order valence-corrected chi connectivity index (χ1v) is 8.58. The molecule has 1 fully saturated rings. The average molecular weight is 343 g/mol. The largest absolute Gasteiger partial charge is 0.444 e. The van der Waals surface area contributed by atoms with Gasteiger partial charge in [0.2, 0.25) is 0 Å². The predicted molar refractivity (Wildman–Crippen MR) is 93.9 cm³/mol. The van der Waals surface area contributed by atoms with Crippen LogP contribution in [0.4, 0.5) is 4.79 Å². The van der Waals surface area contributed by atoms with Crippen molar-refractivity contribution in [2.24, 2.45) is 13.0 Å². The fraction of sp³-hybridized carbons (Fsp3) is 0.556. The number of carbonyl (C=O) groups excluding carboxylic acids is 1. The van der Waals surface area contributed by atoms with Crippen molar-refractivity contribution in [3.05, 3.63) is 30.5 Å². The molecule has 0 spiro atoms. The molecule has 25 heavy (non-hydrogen) atoms. The second kappa shape index (κ2) is 6.82. The quantitative estimate of drug-likeness (QED) is 0.857. The lowest BCUT2D eigenvalue weighted by atomic mass is 10.00. The average Bonchev–Trinajstić information content (AvgIpc) is 3.15. The van der Waals surface area contributed by atoms with Gasteiger partial charge in [-0.1, -0.05) is 0 Å². The standard InChI is InChI=1S/C18H25N5O2/c1-18(2,3)25-17(24)23-8-5-13(11-23)9-15-16(20-7-6-19-15)14-10-21-22(4)12-14/h6-7,10,12-13H,5,8-9,11H2,1-4H3/t13-/m1/s1. The first-order valence-electron chi connectivity index (χ1n) is 8.58. The summed E-state index contributed by atoms with van der Waals surface area (Å²) in [7, 11) is 1.88. The molecule has 134 valence electrons. The van der Waals surface area contributed by atoms with Crippen LogP contribution in [0.1, 0.15) is 32.9 Å². The summed E-state index contributed by atoms with van der Waals surface area (Å²) < 4.78 is 7.22. The maximum absolute atomic E-state index is 12.2. The highest BCUT2D eigenvalue weighted by molar-refractivity contribution is 5.68. The van der Waals surface area contributed by atoms with Crippen LogP contribution >= 0.6 is 0 Å². The number of likely N-dealkylation sites (tertiary alicyclic amines) is 1. The third kappa shape index (κ3) is 4.35. The van der Waals surface area contributed by atoms with E-state index in [0.29, 0.717) is 12.5 Å². The van der Waals surface area contributed by atoms with Crippen LogP contribution in [0.25, 0.3) is 11.3 Å². The van der Waals surface area contributed by atoms with Gasteiger partial charge in [-0.05, 0) is 39.5 Å². The summed E-state index contributed by atoms with van der Waals surface area (Å²) >= 11 is 0. The number of ether oxygens (including phenoxy) is 1. The van der Waals surface area contributed by atoms with E-state index in [4.69, 9.17) is 4.74 Å². The number of carbonyl (C=O) groups is 1. The van der Waals surface area contributed by atoms with E-state index < -0.39 is 5.60 Å². The van der Waals surface area contributed by atoms with Crippen molar-refractivity contribution in [1.82, 2.24) is 24.6 Å². The molecule has 0 aliphatic carbocycles. The Balaban J connectivity index is 1.67. The number of hydrogen-bond donors (Lipinski definition) is 0. The van der Waals surface area contributed by atoms with Crippen LogP contribution < -0.4 is 0 Å². The second-order valence-electron chi connectivity index (χ2n) is 7.54. The first kappa shape index (κ1) is 17.4. The summed E-state index contributed by atoms with van der Waals surface area (Å²) in [5.74, 6) is 0.361. The Morgan fingerprint density at radius 3 is 2.76 bits per heavy atom. The van der Waals surface area contributed by atoms with Crippen molar-refractivity contribution in [1.29, 1.82) is 0 Å². The van der Waals surface area contributed by atoms with Crippen molar-refractivity contribution in [3.63, 3.8) is 0 Å². The van der Waals surface area contributed by atoms with Gasteiger partial charge in [0.1, 0.15) is 5.60 Å². The van der Waals surface area contributed by atoms with Gasteiger partial charge in [0.25, 0.3) is 0 Å². The molecule has 1 aliphatic rings.